The Morgan fingerprint density at radius 1 is 1.04 bits per heavy atom. The second-order valence-electron chi connectivity index (χ2n) is 6.40. The molecule has 3 aromatic rings. The fourth-order valence-electron chi connectivity index (χ4n) is 2.61. The van der Waals surface area contributed by atoms with Crippen molar-refractivity contribution in [2.24, 2.45) is 0 Å². The predicted molar refractivity (Wildman–Crippen MR) is 111 cm³/mol. The summed E-state index contributed by atoms with van der Waals surface area (Å²) >= 11 is 0. The molecule has 0 atom stereocenters. The fraction of sp³-hybridized carbons (Fsp3) is 0.273. The first-order valence-electron chi connectivity index (χ1n) is 9.46. The third-order valence-corrected chi connectivity index (χ3v) is 4.12. The van der Waals surface area contributed by atoms with Crippen molar-refractivity contribution in [1.82, 2.24) is 15.0 Å². The van der Waals surface area contributed by atoms with Gasteiger partial charge in [0.05, 0.1) is 12.7 Å². The second-order valence-corrected chi connectivity index (χ2v) is 6.40. The van der Waals surface area contributed by atoms with Crippen molar-refractivity contribution in [1.29, 1.82) is 0 Å². The number of nitrogens with one attached hydrogen (secondary N) is 1. The summed E-state index contributed by atoms with van der Waals surface area (Å²) in [6.07, 6.45) is 6.96. The van der Waals surface area contributed by atoms with E-state index in [2.05, 4.69) is 59.0 Å². The zero-order valence-corrected chi connectivity index (χ0v) is 16.0. The highest BCUT2D eigenvalue weighted by Crippen LogP contribution is 2.17. The first-order valence-corrected chi connectivity index (χ1v) is 9.46. The zero-order valence-electron chi connectivity index (χ0n) is 16.0. The molecule has 146 valence electrons. The van der Waals surface area contributed by atoms with Gasteiger partial charge in [-0.2, -0.15) is 0 Å². The van der Waals surface area contributed by atoms with Crippen molar-refractivity contribution < 1.29 is 9.13 Å². The van der Waals surface area contributed by atoms with Gasteiger partial charge < -0.3 is 10.1 Å². The average Bonchev–Trinajstić information content (AvgIpc) is 3.18. The van der Waals surface area contributed by atoms with Crippen LogP contribution in [0.25, 0.3) is 12.2 Å². The summed E-state index contributed by atoms with van der Waals surface area (Å²) in [7, 11) is 0. The minimum absolute atomic E-state index is 0.214. The number of rotatable bonds is 10. The number of halogens is 1. The lowest BCUT2D eigenvalue weighted by molar-refractivity contribution is 0.301. The first-order chi connectivity index (χ1) is 13.8. The van der Waals surface area contributed by atoms with Gasteiger partial charge in [-0.3, -0.25) is 0 Å². The maximum Gasteiger partial charge on any atom is 0.134 e. The Hall–Kier alpha value is -3.15. The van der Waals surface area contributed by atoms with E-state index in [0.29, 0.717) is 12.3 Å². The Labute approximate surface area is 164 Å². The minimum Gasteiger partial charge on any atom is -0.487 e. The number of aromatic nitrogens is 3. The maximum atomic E-state index is 12.3. The molecule has 0 aliphatic carbocycles. The van der Waals surface area contributed by atoms with E-state index < -0.39 is 6.67 Å². The van der Waals surface area contributed by atoms with Gasteiger partial charge in [0.1, 0.15) is 24.7 Å². The highest BCUT2D eigenvalue weighted by Gasteiger charge is 2.02. The van der Waals surface area contributed by atoms with E-state index >= 15 is 0 Å². The number of alkyl halides is 1. The molecule has 0 unspecified atom stereocenters. The quantitative estimate of drug-likeness (QED) is 0.513. The smallest absolute Gasteiger partial charge is 0.134 e. The molecule has 0 saturated heterocycles. The van der Waals surface area contributed by atoms with Gasteiger partial charge in [0.15, 0.2) is 0 Å². The summed E-state index contributed by atoms with van der Waals surface area (Å²) in [5, 5.41) is 11.2. The van der Waals surface area contributed by atoms with Gasteiger partial charge in [-0.25, -0.2) is 9.07 Å². The summed E-state index contributed by atoms with van der Waals surface area (Å²) in [4.78, 5) is 0. The Morgan fingerprint density at radius 2 is 1.71 bits per heavy atom. The second kappa shape index (κ2) is 10.3. The monoisotopic (exact) mass is 380 g/mol. The van der Waals surface area contributed by atoms with Crippen LogP contribution in [0.4, 0.5) is 10.1 Å². The molecule has 0 radical (unpaired) electrons. The van der Waals surface area contributed by atoms with Crippen LogP contribution in [0.15, 0.2) is 54.7 Å². The normalized spacial score (nSPS) is 11.1. The molecule has 1 aromatic heterocycles. The summed E-state index contributed by atoms with van der Waals surface area (Å²) in [6.45, 7) is 3.20. The predicted octanol–water partition coefficient (Wildman–Crippen LogP) is 4.82. The molecule has 0 aliphatic heterocycles. The number of benzene rings is 2. The lowest BCUT2D eigenvalue weighted by Crippen LogP contribution is -1.99. The van der Waals surface area contributed by atoms with E-state index in [1.807, 2.05) is 24.3 Å². The van der Waals surface area contributed by atoms with Gasteiger partial charge in [-0.15, -0.1) is 5.10 Å². The molecule has 2 aromatic carbocycles. The minimum atomic E-state index is -0.460. The maximum absolute atomic E-state index is 12.3. The molecule has 0 amide bonds. The Balaban J connectivity index is 1.51. The molecule has 5 nitrogen and oxygen atoms in total. The van der Waals surface area contributed by atoms with Crippen LogP contribution in [0.2, 0.25) is 0 Å². The van der Waals surface area contributed by atoms with Crippen LogP contribution in [0, 0.1) is 0 Å². The largest absolute Gasteiger partial charge is 0.487 e. The third-order valence-electron chi connectivity index (χ3n) is 4.12. The van der Waals surface area contributed by atoms with Crippen LogP contribution in [0.5, 0.6) is 5.75 Å². The van der Waals surface area contributed by atoms with Gasteiger partial charge in [0.2, 0.25) is 0 Å². The van der Waals surface area contributed by atoms with E-state index in [0.717, 1.165) is 35.5 Å². The van der Waals surface area contributed by atoms with E-state index in [1.54, 1.807) is 6.20 Å². The van der Waals surface area contributed by atoms with Crippen LogP contribution in [-0.2, 0) is 13.2 Å². The van der Waals surface area contributed by atoms with Crippen LogP contribution in [-0.4, -0.2) is 28.2 Å². The molecule has 0 saturated carbocycles. The van der Waals surface area contributed by atoms with Crippen molar-refractivity contribution in [3.63, 3.8) is 0 Å². The van der Waals surface area contributed by atoms with Crippen LogP contribution < -0.4 is 10.1 Å². The molecule has 1 N–H and O–H groups in total. The average molecular weight is 380 g/mol. The Morgan fingerprint density at radius 3 is 2.36 bits per heavy atom. The van der Waals surface area contributed by atoms with Crippen LogP contribution in [0.3, 0.4) is 0 Å². The topological polar surface area (TPSA) is 52.0 Å². The van der Waals surface area contributed by atoms with E-state index in [4.69, 9.17) is 4.74 Å². The molecule has 0 fully saturated rings. The molecule has 1 heterocycles. The van der Waals surface area contributed by atoms with E-state index in [-0.39, 0.29) is 6.54 Å². The summed E-state index contributed by atoms with van der Waals surface area (Å²) in [5.41, 5.74) is 4.06. The lowest BCUT2D eigenvalue weighted by atomic mass is 10.1. The number of hydrogen-bond donors (Lipinski definition) is 1. The standard InChI is InChI=1S/C22H25FN4O/c1-2-14-24-20-9-5-18(6-10-20)3-4-19-7-11-22(12-8-19)28-17-21-16-27(15-13-23)26-25-21/h3-12,16,24H,2,13-15,17H2,1H3. The summed E-state index contributed by atoms with van der Waals surface area (Å²) < 4.78 is 19.5. The van der Waals surface area contributed by atoms with Crippen LogP contribution in [0.1, 0.15) is 30.2 Å². The number of nitrogens with zero attached hydrogens (tertiary/aromatic N) is 3. The SMILES string of the molecule is CCCNc1ccc(C=Cc2ccc(OCc3cn(CCF)nn3)cc2)cc1. The van der Waals surface area contributed by atoms with E-state index in [1.165, 1.54) is 4.68 Å². The molecular formula is C22H25FN4O. The first kappa shape index (κ1) is 19.6. The highest BCUT2D eigenvalue weighted by molar-refractivity contribution is 5.70. The molecule has 0 aliphatic rings. The van der Waals surface area contributed by atoms with Crippen molar-refractivity contribution in [2.75, 3.05) is 18.5 Å². The molecule has 28 heavy (non-hydrogen) atoms. The molecule has 6 heteroatoms. The number of anilines is 1. The van der Waals surface area contributed by atoms with Crippen molar-refractivity contribution in [2.45, 2.75) is 26.5 Å². The Bertz CT molecular complexity index is 872. The van der Waals surface area contributed by atoms with Crippen molar-refractivity contribution in [3.8, 4) is 5.75 Å². The van der Waals surface area contributed by atoms with Gasteiger partial charge in [0.25, 0.3) is 0 Å². The van der Waals surface area contributed by atoms with Gasteiger partial charge >= 0.3 is 0 Å². The molecular weight excluding hydrogens is 355 g/mol. The lowest BCUT2D eigenvalue weighted by Gasteiger charge is -2.05. The fourth-order valence-corrected chi connectivity index (χ4v) is 2.61. The van der Waals surface area contributed by atoms with Crippen LogP contribution >= 0.6 is 0 Å². The van der Waals surface area contributed by atoms with Gasteiger partial charge in [-0.1, -0.05) is 48.6 Å². The number of aryl methyl sites for hydroxylation is 1. The number of hydrogen-bond acceptors (Lipinski definition) is 4. The van der Waals surface area contributed by atoms with Gasteiger partial charge in [0, 0.05) is 12.2 Å². The molecule has 0 bridgehead atoms. The zero-order chi connectivity index (χ0) is 19.6. The molecule has 3 rings (SSSR count). The van der Waals surface area contributed by atoms with Crippen molar-refractivity contribution >= 4 is 17.8 Å². The van der Waals surface area contributed by atoms with Crippen molar-refractivity contribution in [3.05, 3.63) is 71.5 Å². The van der Waals surface area contributed by atoms with E-state index in [9.17, 15) is 4.39 Å². The summed E-state index contributed by atoms with van der Waals surface area (Å²) in [6, 6.07) is 16.2. The summed E-state index contributed by atoms with van der Waals surface area (Å²) in [5.74, 6) is 0.753. The van der Waals surface area contributed by atoms with Gasteiger partial charge in [-0.05, 0) is 41.8 Å². The molecule has 0 spiro atoms. The Kier molecular flexibility index (Phi) is 7.18. The third kappa shape index (κ3) is 5.94. The number of ether oxygens (including phenoxy) is 1. The highest BCUT2D eigenvalue weighted by atomic mass is 19.1.